The Morgan fingerprint density at radius 1 is 0.941 bits per heavy atom. The molecule has 1 atom stereocenters. The van der Waals surface area contributed by atoms with Gasteiger partial charge in [-0.25, -0.2) is 4.39 Å². The minimum Gasteiger partial charge on any atom is -0.350 e. The molecule has 0 aliphatic carbocycles. The Balaban J connectivity index is 1.74. The molecule has 34 heavy (non-hydrogen) atoms. The number of anilines is 1. The van der Waals surface area contributed by atoms with Gasteiger partial charge in [0.2, 0.25) is 11.8 Å². The summed E-state index contributed by atoms with van der Waals surface area (Å²) in [7, 11) is 0. The SMILES string of the molecule is Cc1ccc(N(C(=O)Cc2cccs2)C(C(=O)NCc2ccccc2)c2ccccc2)cc1F. The normalized spacial score (nSPS) is 11.6. The van der Waals surface area contributed by atoms with Crippen molar-refractivity contribution < 1.29 is 14.0 Å². The van der Waals surface area contributed by atoms with Crippen molar-refractivity contribution in [2.24, 2.45) is 0 Å². The molecule has 0 bridgehead atoms. The predicted molar refractivity (Wildman–Crippen MR) is 134 cm³/mol. The summed E-state index contributed by atoms with van der Waals surface area (Å²) in [5.74, 6) is -1.05. The summed E-state index contributed by atoms with van der Waals surface area (Å²) in [6.07, 6.45) is 0.114. The molecule has 0 radical (unpaired) electrons. The number of aryl methyl sites for hydroxylation is 1. The summed E-state index contributed by atoms with van der Waals surface area (Å²) in [5, 5.41) is 4.87. The number of hydrogen-bond acceptors (Lipinski definition) is 3. The van der Waals surface area contributed by atoms with Gasteiger partial charge >= 0.3 is 0 Å². The van der Waals surface area contributed by atoms with Gasteiger partial charge in [-0.15, -0.1) is 11.3 Å². The standard InChI is InChI=1S/C28H25FN2O2S/c1-20-14-15-23(17-25(20)29)31(26(32)18-24-13-8-16-34-24)27(22-11-6-3-7-12-22)28(33)30-19-21-9-4-2-5-10-21/h2-17,27H,18-19H2,1H3,(H,30,33). The molecule has 1 unspecified atom stereocenters. The molecule has 1 N–H and O–H groups in total. The average Bonchev–Trinajstić information content (AvgIpc) is 3.37. The molecule has 1 aromatic heterocycles. The van der Waals surface area contributed by atoms with E-state index in [-0.39, 0.29) is 18.2 Å². The second kappa shape index (κ2) is 10.9. The summed E-state index contributed by atoms with van der Waals surface area (Å²) >= 11 is 1.47. The van der Waals surface area contributed by atoms with Gasteiger partial charge in [-0.3, -0.25) is 14.5 Å². The zero-order chi connectivity index (χ0) is 23.9. The first-order valence-electron chi connectivity index (χ1n) is 11.0. The summed E-state index contributed by atoms with van der Waals surface area (Å²) < 4.78 is 14.6. The number of nitrogens with one attached hydrogen (secondary N) is 1. The zero-order valence-electron chi connectivity index (χ0n) is 18.8. The van der Waals surface area contributed by atoms with Crippen molar-refractivity contribution in [3.8, 4) is 0 Å². The Morgan fingerprint density at radius 2 is 1.65 bits per heavy atom. The second-order valence-electron chi connectivity index (χ2n) is 7.97. The van der Waals surface area contributed by atoms with Crippen LogP contribution in [0.15, 0.2) is 96.4 Å². The third-order valence-corrected chi connectivity index (χ3v) is 6.42. The maximum atomic E-state index is 14.6. The molecule has 6 heteroatoms. The van der Waals surface area contributed by atoms with Crippen LogP contribution >= 0.6 is 11.3 Å². The van der Waals surface area contributed by atoms with Crippen molar-refractivity contribution in [3.05, 3.63) is 124 Å². The molecule has 1 heterocycles. The molecule has 0 fully saturated rings. The van der Waals surface area contributed by atoms with Crippen molar-refractivity contribution in [3.63, 3.8) is 0 Å². The van der Waals surface area contributed by atoms with E-state index in [1.165, 1.54) is 22.3 Å². The van der Waals surface area contributed by atoms with E-state index >= 15 is 0 Å². The molecule has 0 spiro atoms. The van der Waals surface area contributed by atoms with Crippen molar-refractivity contribution in [2.75, 3.05) is 4.90 Å². The van der Waals surface area contributed by atoms with E-state index in [0.29, 0.717) is 23.4 Å². The van der Waals surface area contributed by atoms with Crippen molar-refractivity contribution in [1.82, 2.24) is 5.32 Å². The molecule has 4 rings (SSSR count). The lowest BCUT2D eigenvalue weighted by atomic mass is 10.0. The van der Waals surface area contributed by atoms with E-state index in [1.54, 1.807) is 19.1 Å². The van der Waals surface area contributed by atoms with Gasteiger partial charge < -0.3 is 5.32 Å². The third kappa shape index (κ3) is 5.58. The van der Waals surface area contributed by atoms with Crippen LogP contribution in [0.4, 0.5) is 10.1 Å². The van der Waals surface area contributed by atoms with Crippen molar-refractivity contribution in [1.29, 1.82) is 0 Å². The van der Waals surface area contributed by atoms with Gasteiger partial charge in [0.05, 0.1) is 6.42 Å². The van der Waals surface area contributed by atoms with Crippen molar-refractivity contribution in [2.45, 2.75) is 25.9 Å². The Kier molecular flexibility index (Phi) is 7.50. The lowest BCUT2D eigenvalue weighted by molar-refractivity contribution is -0.126. The van der Waals surface area contributed by atoms with Crippen LogP contribution in [0.2, 0.25) is 0 Å². The van der Waals surface area contributed by atoms with Gasteiger partial charge in [0, 0.05) is 17.1 Å². The fraction of sp³-hybridized carbons (Fsp3) is 0.143. The fourth-order valence-electron chi connectivity index (χ4n) is 3.75. The third-order valence-electron chi connectivity index (χ3n) is 5.54. The van der Waals surface area contributed by atoms with Crippen LogP contribution in [0.25, 0.3) is 0 Å². The summed E-state index contributed by atoms with van der Waals surface area (Å²) in [6.45, 7) is 1.98. The monoisotopic (exact) mass is 472 g/mol. The van der Waals surface area contributed by atoms with E-state index in [9.17, 15) is 14.0 Å². The first-order valence-corrected chi connectivity index (χ1v) is 11.9. The Labute approximate surface area is 202 Å². The second-order valence-corrected chi connectivity index (χ2v) is 9.00. The molecule has 0 saturated carbocycles. The van der Waals surface area contributed by atoms with E-state index < -0.39 is 11.9 Å². The number of nitrogens with zero attached hydrogens (tertiary/aromatic N) is 1. The van der Waals surface area contributed by atoms with Gasteiger partial charge in [0.15, 0.2) is 0 Å². The highest BCUT2D eigenvalue weighted by molar-refractivity contribution is 7.10. The van der Waals surface area contributed by atoms with Gasteiger partial charge in [0.1, 0.15) is 11.9 Å². The first kappa shape index (κ1) is 23.4. The number of benzene rings is 3. The lowest BCUT2D eigenvalue weighted by Gasteiger charge is -2.32. The highest BCUT2D eigenvalue weighted by Gasteiger charge is 2.33. The number of thiophene rings is 1. The van der Waals surface area contributed by atoms with Crippen LogP contribution in [0, 0.1) is 12.7 Å². The Hall–Kier alpha value is -3.77. The Morgan fingerprint density at radius 3 is 2.29 bits per heavy atom. The van der Waals surface area contributed by atoms with Crippen LogP contribution in [0.3, 0.4) is 0 Å². The molecule has 4 aromatic rings. The lowest BCUT2D eigenvalue weighted by Crippen LogP contribution is -2.44. The highest BCUT2D eigenvalue weighted by Crippen LogP contribution is 2.30. The van der Waals surface area contributed by atoms with Crippen LogP contribution in [0.1, 0.15) is 27.6 Å². The zero-order valence-corrected chi connectivity index (χ0v) is 19.6. The summed E-state index contributed by atoms with van der Waals surface area (Å²) in [5.41, 5.74) is 2.40. The number of rotatable bonds is 8. The van der Waals surface area contributed by atoms with E-state index in [0.717, 1.165) is 10.4 Å². The molecule has 0 aliphatic rings. The average molecular weight is 473 g/mol. The van der Waals surface area contributed by atoms with E-state index in [4.69, 9.17) is 0 Å². The molecule has 172 valence electrons. The van der Waals surface area contributed by atoms with Crippen LogP contribution in [0.5, 0.6) is 0 Å². The first-order chi connectivity index (χ1) is 16.5. The Bertz CT molecular complexity index is 1240. The number of halogens is 1. The number of hydrogen-bond donors (Lipinski definition) is 1. The van der Waals surface area contributed by atoms with Gasteiger partial charge in [-0.05, 0) is 47.2 Å². The van der Waals surface area contributed by atoms with Gasteiger partial charge in [-0.2, -0.15) is 0 Å². The maximum absolute atomic E-state index is 14.6. The van der Waals surface area contributed by atoms with Gasteiger partial charge in [-0.1, -0.05) is 72.8 Å². The fourth-order valence-corrected chi connectivity index (χ4v) is 4.45. The quantitative estimate of drug-likeness (QED) is 0.351. The molecule has 2 amide bonds. The van der Waals surface area contributed by atoms with Crippen LogP contribution < -0.4 is 10.2 Å². The number of carbonyl (C=O) groups is 2. The van der Waals surface area contributed by atoms with Crippen molar-refractivity contribution >= 4 is 28.8 Å². The maximum Gasteiger partial charge on any atom is 0.248 e. The van der Waals surface area contributed by atoms with E-state index in [1.807, 2.05) is 78.2 Å². The minimum atomic E-state index is -0.959. The molecule has 4 nitrogen and oxygen atoms in total. The van der Waals surface area contributed by atoms with E-state index in [2.05, 4.69) is 5.32 Å². The molecule has 0 aliphatic heterocycles. The molecular weight excluding hydrogens is 447 g/mol. The smallest absolute Gasteiger partial charge is 0.248 e. The number of carbonyl (C=O) groups excluding carboxylic acids is 2. The minimum absolute atomic E-state index is 0.114. The number of amides is 2. The highest BCUT2D eigenvalue weighted by atomic mass is 32.1. The topological polar surface area (TPSA) is 49.4 Å². The van der Waals surface area contributed by atoms with Crippen LogP contribution in [-0.4, -0.2) is 11.8 Å². The molecule has 0 saturated heterocycles. The van der Waals surface area contributed by atoms with Crippen LogP contribution in [-0.2, 0) is 22.6 Å². The predicted octanol–water partition coefficient (Wildman–Crippen LogP) is 5.83. The summed E-state index contributed by atoms with van der Waals surface area (Å²) in [6, 6.07) is 26.1. The summed E-state index contributed by atoms with van der Waals surface area (Å²) in [4.78, 5) is 29.5. The molecular formula is C28H25FN2O2S. The largest absolute Gasteiger partial charge is 0.350 e. The molecule has 3 aromatic carbocycles. The van der Waals surface area contributed by atoms with Gasteiger partial charge in [0.25, 0.3) is 0 Å².